The zero-order valence-corrected chi connectivity index (χ0v) is 9.41. The van der Waals surface area contributed by atoms with Crippen LogP contribution in [0.25, 0.3) is 0 Å². The van der Waals surface area contributed by atoms with Gasteiger partial charge in [0.1, 0.15) is 11.5 Å². The standard InChI is InChI=1S/C11H12N2O4/c1-7(14)10(11(15)16)13-12-8-3-5-9(17-2)6-4-8/h3-6,14H,1-2H3,(H,15,16)/b10-7+,13-12?. The Hall–Kier alpha value is -2.37. The molecule has 0 heterocycles. The van der Waals surface area contributed by atoms with Gasteiger partial charge in [0, 0.05) is 0 Å². The fraction of sp³-hybridized carbons (Fsp3) is 0.182. The predicted octanol–water partition coefficient (Wildman–Crippen LogP) is 2.65. The van der Waals surface area contributed by atoms with Gasteiger partial charge in [0.25, 0.3) is 0 Å². The molecule has 0 unspecified atom stereocenters. The summed E-state index contributed by atoms with van der Waals surface area (Å²) in [7, 11) is 1.54. The minimum atomic E-state index is -1.33. The van der Waals surface area contributed by atoms with Crippen LogP contribution in [0.1, 0.15) is 6.92 Å². The number of allylic oxidation sites excluding steroid dienone is 1. The number of aliphatic carboxylic acids is 1. The molecule has 0 saturated heterocycles. The number of ether oxygens (including phenoxy) is 1. The van der Waals surface area contributed by atoms with Crippen LogP contribution in [0.4, 0.5) is 5.69 Å². The van der Waals surface area contributed by atoms with Crippen molar-refractivity contribution >= 4 is 11.7 Å². The van der Waals surface area contributed by atoms with Gasteiger partial charge in [-0.1, -0.05) is 0 Å². The molecule has 0 aliphatic carbocycles. The van der Waals surface area contributed by atoms with E-state index in [1.54, 1.807) is 24.3 Å². The normalized spacial score (nSPS) is 12.4. The summed E-state index contributed by atoms with van der Waals surface area (Å²) in [5.41, 5.74) is -0.0216. The molecule has 0 atom stereocenters. The summed E-state index contributed by atoms with van der Waals surface area (Å²) in [6, 6.07) is 6.58. The third kappa shape index (κ3) is 3.60. The highest BCUT2D eigenvalue weighted by Gasteiger charge is 2.09. The van der Waals surface area contributed by atoms with Gasteiger partial charge in [0.2, 0.25) is 5.70 Å². The molecular formula is C11H12N2O4. The second kappa shape index (κ2) is 5.64. The highest BCUT2D eigenvalue weighted by atomic mass is 16.5. The molecule has 17 heavy (non-hydrogen) atoms. The topological polar surface area (TPSA) is 91.5 Å². The van der Waals surface area contributed by atoms with Crippen LogP contribution >= 0.6 is 0 Å². The molecule has 0 aliphatic rings. The second-order valence-electron chi connectivity index (χ2n) is 3.14. The van der Waals surface area contributed by atoms with Crippen LogP contribution in [0, 0.1) is 0 Å². The summed E-state index contributed by atoms with van der Waals surface area (Å²) in [5, 5.41) is 24.9. The number of carboxylic acid groups (broad SMARTS) is 1. The molecule has 90 valence electrons. The number of carboxylic acids is 1. The Kier molecular flexibility index (Phi) is 4.21. The lowest BCUT2D eigenvalue weighted by molar-refractivity contribution is -0.132. The maximum Gasteiger partial charge on any atom is 0.359 e. The number of azo groups is 1. The van der Waals surface area contributed by atoms with E-state index >= 15 is 0 Å². The van der Waals surface area contributed by atoms with E-state index in [-0.39, 0.29) is 0 Å². The Morgan fingerprint density at radius 1 is 1.24 bits per heavy atom. The van der Waals surface area contributed by atoms with Crippen molar-refractivity contribution in [1.29, 1.82) is 0 Å². The third-order valence-corrected chi connectivity index (χ3v) is 1.88. The molecule has 0 saturated carbocycles. The van der Waals surface area contributed by atoms with Gasteiger partial charge in [-0.25, -0.2) is 4.79 Å². The number of rotatable bonds is 4. The van der Waals surface area contributed by atoms with Gasteiger partial charge < -0.3 is 14.9 Å². The van der Waals surface area contributed by atoms with Crippen LogP contribution in [0.2, 0.25) is 0 Å². The van der Waals surface area contributed by atoms with E-state index in [1.165, 1.54) is 14.0 Å². The van der Waals surface area contributed by atoms with Crippen LogP contribution in [-0.2, 0) is 4.79 Å². The number of aliphatic hydroxyl groups is 1. The Balaban J connectivity index is 2.89. The molecule has 0 aromatic heterocycles. The van der Waals surface area contributed by atoms with Crippen molar-refractivity contribution < 1.29 is 19.7 Å². The summed E-state index contributed by atoms with van der Waals surface area (Å²) >= 11 is 0. The number of carbonyl (C=O) groups is 1. The van der Waals surface area contributed by atoms with E-state index in [4.69, 9.17) is 14.9 Å². The predicted molar refractivity (Wildman–Crippen MR) is 60.5 cm³/mol. The van der Waals surface area contributed by atoms with E-state index in [1.807, 2.05) is 0 Å². The molecule has 1 aromatic rings. The molecule has 0 radical (unpaired) electrons. The fourth-order valence-electron chi connectivity index (χ4n) is 1.03. The van der Waals surface area contributed by atoms with Crippen LogP contribution in [0.15, 0.2) is 46.0 Å². The van der Waals surface area contributed by atoms with E-state index in [0.29, 0.717) is 11.4 Å². The number of hydrogen-bond acceptors (Lipinski definition) is 5. The van der Waals surface area contributed by atoms with Crippen LogP contribution in [0.3, 0.4) is 0 Å². The molecule has 6 nitrogen and oxygen atoms in total. The average Bonchev–Trinajstić information content (AvgIpc) is 2.29. The monoisotopic (exact) mass is 236 g/mol. The molecule has 0 fully saturated rings. The Morgan fingerprint density at radius 2 is 1.82 bits per heavy atom. The fourth-order valence-corrected chi connectivity index (χ4v) is 1.03. The molecule has 1 aromatic carbocycles. The zero-order valence-electron chi connectivity index (χ0n) is 9.41. The lowest BCUT2D eigenvalue weighted by Crippen LogP contribution is -2.00. The summed E-state index contributed by atoms with van der Waals surface area (Å²) in [6.45, 7) is 1.23. The second-order valence-corrected chi connectivity index (χ2v) is 3.14. The molecular weight excluding hydrogens is 224 g/mol. The first-order valence-corrected chi connectivity index (χ1v) is 4.73. The minimum Gasteiger partial charge on any atom is -0.510 e. The van der Waals surface area contributed by atoms with Gasteiger partial charge >= 0.3 is 5.97 Å². The third-order valence-electron chi connectivity index (χ3n) is 1.88. The molecule has 6 heteroatoms. The van der Waals surface area contributed by atoms with Crippen molar-refractivity contribution in [3.63, 3.8) is 0 Å². The van der Waals surface area contributed by atoms with Crippen LogP contribution in [-0.4, -0.2) is 23.3 Å². The first kappa shape index (κ1) is 12.7. The Bertz CT molecular complexity index is 459. The molecule has 0 bridgehead atoms. The maximum absolute atomic E-state index is 10.7. The van der Waals surface area contributed by atoms with Gasteiger partial charge in [-0.3, -0.25) is 0 Å². The van der Waals surface area contributed by atoms with Crippen LogP contribution in [0.5, 0.6) is 5.75 Å². The molecule has 0 aliphatic heterocycles. The highest BCUT2D eigenvalue weighted by Crippen LogP contribution is 2.19. The quantitative estimate of drug-likeness (QED) is 0.477. The van der Waals surface area contributed by atoms with Gasteiger partial charge in [-0.2, -0.15) is 5.11 Å². The number of benzene rings is 1. The number of hydrogen-bond donors (Lipinski definition) is 2. The number of nitrogens with zero attached hydrogens (tertiary/aromatic N) is 2. The van der Waals surface area contributed by atoms with Crippen molar-refractivity contribution in [1.82, 2.24) is 0 Å². The first-order valence-electron chi connectivity index (χ1n) is 4.73. The zero-order chi connectivity index (χ0) is 12.8. The molecule has 1 rings (SSSR count). The Morgan fingerprint density at radius 3 is 2.24 bits per heavy atom. The highest BCUT2D eigenvalue weighted by molar-refractivity contribution is 5.86. The van der Waals surface area contributed by atoms with Gasteiger partial charge in [0.05, 0.1) is 12.8 Å². The lowest BCUT2D eigenvalue weighted by Gasteiger charge is -1.98. The summed E-state index contributed by atoms with van der Waals surface area (Å²) in [4.78, 5) is 10.7. The summed E-state index contributed by atoms with van der Waals surface area (Å²) in [6.07, 6.45) is 0. The van der Waals surface area contributed by atoms with Gasteiger partial charge in [0.15, 0.2) is 0 Å². The van der Waals surface area contributed by atoms with Crippen molar-refractivity contribution in [2.45, 2.75) is 6.92 Å². The van der Waals surface area contributed by atoms with E-state index in [2.05, 4.69) is 10.2 Å². The lowest BCUT2D eigenvalue weighted by atomic mass is 10.3. The first-order chi connectivity index (χ1) is 8.04. The molecule has 2 N–H and O–H groups in total. The SMILES string of the molecule is COc1ccc(N=N/C(C(=O)O)=C(\C)O)cc1. The van der Waals surface area contributed by atoms with Crippen LogP contribution < -0.4 is 4.74 Å². The largest absolute Gasteiger partial charge is 0.510 e. The van der Waals surface area contributed by atoms with Crippen molar-refractivity contribution in [2.24, 2.45) is 10.2 Å². The average molecular weight is 236 g/mol. The van der Waals surface area contributed by atoms with Crippen molar-refractivity contribution in [2.75, 3.05) is 7.11 Å². The molecule has 0 spiro atoms. The minimum absolute atomic E-state index is 0.394. The maximum atomic E-state index is 10.7. The van der Waals surface area contributed by atoms with Gasteiger partial charge in [-0.05, 0) is 31.2 Å². The summed E-state index contributed by atoms with van der Waals surface area (Å²) < 4.78 is 4.96. The number of aliphatic hydroxyl groups excluding tert-OH is 1. The van der Waals surface area contributed by atoms with E-state index in [0.717, 1.165) is 0 Å². The van der Waals surface area contributed by atoms with E-state index < -0.39 is 17.4 Å². The Labute approximate surface area is 97.9 Å². The molecule has 0 amide bonds. The van der Waals surface area contributed by atoms with Gasteiger partial charge in [-0.15, -0.1) is 5.11 Å². The number of methoxy groups -OCH3 is 1. The smallest absolute Gasteiger partial charge is 0.359 e. The van der Waals surface area contributed by atoms with Crippen molar-refractivity contribution in [3.8, 4) is 5.75 Å². The van der Waals surface area contributed by atoms with E-state index in [9.17, 15) is 4.79 Å². The summed E-state index contributed by atoms with van der Waals surface area (Å²) in [5.74, 6) is -1.06. The van der Waals surface area contributed by atoms with Crippen molar-refractivity contribution in [3.05, 3.63) is 35.7 Å².